The van der Waals surface area contributed by atoms with E-state index >= 15 is 0 Å². The molecule has 1 heterocycles. The molecule has 8 heteroatoms. The SMILES string of the molecule is CCNC(=O)[C@@H](CC)N1C(=O)[C@@H](CC(=O)O)C[C@H](c2cccc(Cl)c2)C1c1ccc(Cl)cc1. The lowest BCUT2D eigenvalue weighted by Crippen LogP contribution is -2.56. The van der Waals surface area contributed by atoms with Crippen molar-refractivity contribution < 1.29 is 19.5 Å². The standard InChI is InChI=1S/C25H28Cl2N2O4/c1-3-21(24(32)28-4-2)29-23(15-8-10-18(26)11-9-15)20(16-6-5-7-19(27)12-16)13-17(25(29)33)14-22(30)31/h5-12,17,20-21,23H,3-4,13-14H2,1-2H3,(H,28,32)(H,30,31)/t17-,20-,21-,23?/m1/s1. The van der Waals surface area contributed by atoms with Crippen LogP contribution in [-0.4, -0.2) is 40.4 Å². The van der Waals surface area contributed by atoms with Gasteiger partial charge in [-0.2, -0.15) is 0 Å². The zero-order valence-electron chi connectivity index (χ0n) is 18.6. The Labute approximate surface area is 203 Å². The average molecular weight is 491 g/mol. The molecule has 1 saturated heterocycles. The molecule has 2 N–H and O–H groups in total. The fourth-order valence-corrected chi connectivity index (χ4v) is 5.04. The van der Waals surface area contributed by atoms with Crippen molar-refractivity contribution in [3.63, 3.8) is 0 Å². The fraction of sp³-hybridized carbons (Fsp3) is 0.400. The van der Waals surface area contributed by atoms with Gasteiger partial charge in [0.2, 0.25) is 11.8 Å². The van der Waals surface area contributed by atoms with E-state index in [-0.39, 0.29) is 24.2 Å². The molecule has 2 amide bonds. The number of carbonyl (C=O) groups is 3. The summed E-state index contributed by atoms with van der Waals surface area (Å²) in [5.74, 6) is -2.63. The Balaban J connectivity index is 2.20. The number of nitrogens with one attached hydrogen (secondary N) is 1. The van der Waals surface area contributed by atoms with E-state index in [4.69, 9.17) is 23.2 Å². The van der Waals surface area contributed by atoms with Gasteiger partial charge in [-0.05, 0) is 55.2 Å². The number of hydrogen-bond acceptors (Lipinski definition) is 3. The summed E-state index contributed by atoms with van der Waals surface area (Å²) in [5.41, 5.74) is 1.72. The number of carboxylic acid groups (broad SMARTS) is 1. The summed E-state index contributed by atoms with van der Waals surface area (Å²) in [5, 5.41) is 13.4. The van der Waals surface area contributed by atoms with Crippen molar-refractivity contribution in [2.45, 2.75) is 51.1 Å². The van der Waals surface area contributed by atoms with Gasteiger partial charge in [0.25, 0.3) is 0 Å². The van der Waals surface area contributed by atoms with Crippen LogP contribution >= 0.6 is 23.2 Å². The number of halogens is 2. The molecule has 2 aromatic carbocycles. The van der Waals surface area contributed by atoms with E-state index in [1.807, 2.05) is 44.2 Å². The predicted molar refractivity (Wildman–Crippen MR) is 128 cm³/mol. The summed E-state index contributed by atoms with van der Waals surface area (Å²) in [6.45, 7) is 4.10. The van der Waals surface area contributed by atoms with Gasteiger partial charge in [-0.1, -0.05) is 54.4 Å². The number of aliphatic carboxylic acids is 1. The van der Waals surface area contributed by atoms with Crippen LogP contribution < -0.4 is 5.32 Å². The monoisotopic (exact) mass is 490 g/mol. The second kappa shape index (κ2) is 11.0. The molecule has 1 unspecified atom stereocenters. The Morgan fingerprint density at radius 2 is 1.79 bits per heavy atom. The Bertz CT molecular complexity index is 1010. The second-order valence-corrected chi connectivity index (χ2v) is 9.13. The average Bonchev–Trinajstić information content (AvgIpc) is 2.77. The first-order chi connectivity index (χ1) is 15.8. The lowest BCUT2D eigenvalue weighted by Gasteiger charge is -2.47. The van der Waals surface area contributed by atoms with Crippen LogP contribution in [0.2, 0.25) is 10.0 Å². The Hall–Kier alpha value is -2.57. The first-order valence-corrected chi connectivity index (χ1v) is 11.8. The third kappa shape index (κ3) is 5.68. The van der Waals surface area contributed by atoms with Gasteiger partial charge < -0.3 is 15.3 Å². The number of carboxylic acids is 1. The summed E-state index contributed by atoms with van der Waals surface area (Å²) in [6.07, 6.45) is 0.427. The van der Waals surface area contributed by atoms with E-state index in [1.165, 1.54) is 0 Å². The number of amides is 2. The van der Waals surface area contributed by atoms with Gasteiger partial charge in [0, 0.05) is 28.4 Å². The van der Waals surface area contributed by atoms with Gasteiger partial charge in [-0.25, -0.2) is 0 Å². The molecule has 6 nitrogen and oxygen atoms in total. The van der Waals surface area contributed by atoms with Crippen LogP contribution in [0.1, 0.15) is 56.2 Å². The molecule has 4 atom stereocenters. The summed E-state index contributed by atoms with van der Waals surface area (Å²) in [6, 6.07) is 13.4. The molecule has 0 saturated carbocycles. The van der Waals surface area contributed by atoms with Crippen molar-refractivity contribution in [2.75, 3.05) is 6.54 Å². The van der Waals surface area contributed by atoms with Crippen LogP contribution in [-0.2, 0) is 14.4 Å². The predicted octanol–water partition coefficient (Wildman–Crippen LogP) is 5.06. The molecular formula is C25H28Cl2N2O4. The molecule has 0 radical (unpaired) electrons. The number of hydrogen-bond donors (Lipinski definition) is 2. The zero-order valence-corrected chi connectivity index (χ0v) is 20.1. The number of rotatable bonds is 8. The van der Waals surface area contributed by atoms with Crippen molar-refractivity contribution in [1.29, 1.82) is 0 Å². The lowest BCUT2D eigenvalue weighted by atomic mass is 9.74. The lowest BCUT2D eigenvalue weighted by molar-refractivity contribution is -0.155. The number of likely N-dealkylation sites (N-methyl/N-ethyl adjacent to an activating group) is 1. The molecule has 0 aromatic heterocycles. The molecule has 1 aliphatic rings. The van der Waals surface area contributed by atoms with Crippen molar-refractivity contribution in [1.82, 2.24) is 10.2 Å². The highest BCUT2D eigenvalue weighted by atomic mass is 35.5. The van der Waals surface area contributed by atoms with Crippen LogP contribution in [0.3, 0.4) is 0 Å². The van der Waals surface area contributed by atoms with Crippen LogP contribution in [0.5, 0.6) is 0 Å². The second-order valence-electron chi connectivity index (χ2n) is 8.25. The maximum atomic E-state index is 13.7. The molecule has 2 aromatic rings. The maximum Gasteiger partial charge on any atom is 0.304 e. The summed E-state index contributed by atoms with van der Waals surface area (Å²) >= 11 is 12.4. The Morgan fingerprint density at radius 1 is 1.09 bits per heavy atom. The van der Waals surface area contributed by atoms with Gasteiger partial charge in [0.05, 0.1) is 12.5 Å². The highest BCUT2D eigenvalue weighted by Crippen LogP contribution is 2.47. The zero-order chi connectivity index (χ0) is 24.1. The van der Waals surface area contributed by atoms with Gasteiger partial charge in [0.15, 0.2) is 0 Å². The van der Waals surface area contributed by atoms with E-state index in [2.05, 4.69) is 5.32 Å². The maximum absolute atomic E-state index is 13.7. The highest BCUT2D eigenvalue weighted by Gasteiger charge is 2.47. The molecule has 0 spiro atoms. The van der Waals surface area contributed by atoms with E-state index in [9.17, 15) is 19.5 Å². The largest absolute Gasteiger partial charge is 0.481 e. The number of nitrogens with zero attached hydrogens (tertiary/aromatic N) is 1. The first kappa shape index (κ1) is 25.1. The molecular weight excluding hydrogens is 463 g/mol. The minimum atomic E-state index is -1.05. The topological polar surface area (TPSA) is 86.7 Å². The summed E-state index contributed by atoms with van der Waals surface area (Å²) < 4.78 is 0. The van der Waals surface area contributed by atoms with E-state index < -0.39 is 24.0 Å². The molecule has 176 valence electrons. The Morgan fingerprint density at radius 3 is 2.36 bits per heavy atom. The van der Waals surface area contributed by atoms with Crippen LogP contribution in [0.4, 0.5) is 0 Å². The van der Waals surface area contributed by atoms with Crippen molar-refractivity contribution in [3.05, 3.63) is 69.7 Å². The van der Waals surface area contributed by atoms with Crippen molar-refractivity contribution in [3.8, 4) is 0 Å². The summed E-state index contributed by atoms with van der Waals surface area (Å²) in [7, 11) is 0. The molecule has 0 bridgehead atoms. The number of piperidine rings is 1. The fourth-order valence-electron chi connectivity index (χ4n) is 4.72. The van der Waals surface area contributed by atoms with Crippen molar-refractivity contribution in [2.24, 2.45) is 5.92 Å². The summed E-state index contributed by atoms with van der Waals surface area (Å²) in [4.78, 5) is 39.9. The minimum absolute atomic E-state index is 0.254. The van der Waals surface area contributed by atoms with Crippen molar-refractivity contribution >= 4 is 41.0 Å². The van der Waals surface area contributed by atoms with Gasteiger partial charge in [-0.3, -0.25) is 14.4 Å². The molecule has 33 heavy (non-hydrogen) atoms. The van der Waals surface area contributed by atoms with Crippen LogP contribution in [0.15, 0.2) is 48.5 Å². The molecule has 1 aliphatic heterocycles. The molecule has 1 fully saturated rings. The number of likely N-dealkylation sites (tertiary alicyclic amines) is 1. The highest BCUT2D eigenvalue weighted by molar-refractivity contribution is 6.30. The van der Waals surface area contributed by atoms with Gasteiger partial charge >= 0.3 is 5.97 Å². The van der Waals surface area contributed by atoms with Gasteiger partial charge in [-0.15, -0.1) is 0 Å². The Kier molecular flexibility index (Phi) is 8.38. The van der Waals surface area contributed by atoms with Gasteiger partial charge in [0.1, 0.15) is 6.04 Å². The van der Waals surface area contributed by atoms with Crippen LogP contribution in [0, 0.1) is 5.92 Å². The first-order valence-electron chi connectivity index (χ1n) is 11.1. The third-order valence-electron chi connectivity index (χ3n) is 6.11. The number of carbonyl (C=O) groups excluding carboxylic acids is 2. The molecule has 3 rings (SSSR count). The van der Waals surface area contributed by atoms with E-state index in [1.54, 1.807) is 23.1 Å². The normalized spacial score (nSPS) is 21.5. The smallest absolute Gasteiger partial charge is 0.304 e. The minimum Gasteiger partial charge on any atom is -0.481 e. The quantitative estimate of drug-likeness (QED) is 0.541. The third-order valence-corrected chi connectivity index (χ3v) is 6.60. The molecule has 0 aliphatic carbocycles. The van der Waals surface area contributed by atoms with E-state index in [0.717, 1.165) is 11.1 Å². The number of benzene rings is 2. The van der Waals surface area contributed by atoms with E-state index in [0.29, 0.717) is 29.4 Å². The van der Waals surface area contributed by atoms with Crippen LogP contribution in [0.25, 0.3) is 0 Å².